The van der Waals surface area contributed by atoms with E-state index in [0.717, 1.165) is 5.69 Å². The van der Waals surface area contributed by atoms with Crippen LogP contribution in [0.25, 0.3) is 0 Å². The van der Waals surface area contributed by atoms with Crippen LogP contribution in [-0.4, -0.2) is 27.1 Å². The van der Waals surface area contributed by atoms with E-state index in [9.17, 15) is 14.4 Å². The standard InChI is InChI=1S/C18H20N4O3S/c1-10(2)14-8-16(24)22-11(9-26-18(22)21-14)7-15(23)20-13-6-4-3-5-12(13)17(19)25/h3-6,8,10-11H,7,9H2,1-2H3,(H2,19,25)(H,20,23). The number of nitrogens with two attached hydrogens (primary N) is 1. The molecule has 0 spiro atoms. The lowest BCUT2D eigenvalue weighted by Gasteiger charge is -2.15. The molecule has 2 heterocycles. The summed E-state index contributed by atoms with van der Waals surface area (Å²) in [7, 11) is 0. The number of aromatic nitrogens is 2. The van der Waals surface area contributed by atoms with Crippen LogP contribution in [0.5, 0.6) is 0 Å². The van der Waals surface area contributed by atoms with Crippen LogP contribution < -0.4 is 16.6 Å². The van der Waals surface area contributed by atoms with Crippen LogP contribution in [0.3, 0.4) is 0 Å². The average Bonchev–Trinajstić information content (AvgIpc) is 2.98. The van der Waals surface area contributed by atoms with Gasteiger partial charge in [0.1, 0.15) is 0 Å². The normalized spacial score (nSPS) is 15.7. The van der Waals surface area contributed by atoms with E-state index < -0.39 is 5.91 Å². The number of para-hydroxylation sites is 1. The summed E-state index contributed by atoms with van der Waals surface area (Å²) in [6, 6.07) is 7.84. The van der Waals surface area contributed by atoms with E-state index in [0.29, 0.717) is 16.6 Å². The first-order chi connectivity index (χ1) is 12.4. The lowest BCUT2D eigenvalue weighted by molar-refractivity contribution is -0.116. The Balaban J connectivity index is 1.77. The molecule has 0 saturated carbocycles. The smallest absolute Gasteiger partial charge is 0.254 e. The van der Waals surface area contributed by atoms with Gasteiger partial charge in [-0.2, -0.15) is 0 Å². The number of carbonyl (C=O) groups is 2. The molecule has 1 aliphatic heterocycles. The summed E-state index contributed by atoms with van der Waals surface area (Å²) in [5.41, 5.74) is 6.57. The molecule has 0 aliphatic carbocycles. The molecule has 1 aliphatic rings. The highest BCUT2D eigenvalue weighted by molar-refractivity contribution is 7.99. The number of benzene rings is 1. The van der Waals surface area contributed by atoms with Gasteiger partial charge in [-0.15, -0.1) is 0 Å². The molecule has 0 fully saturated rings. The van der Waals surface area contributed by atoms with Gasteiger partial charge in [-0.1, -0.05) is 37.7 Å². The predicted octanol–water partition coefficient (Wildman–Crippen LogP) is 2.14. The van der Waals surface area contributed by atoms with Gasteiger partial charge < -0.3 is 11.1 Å². The van der Waals surface area contributed by atoms with Crippen LogP contribution in [0.2, 0.25) is 0 Å². The Labute approximate surface area is 155 Å². The first kappa shape index (κ1) is 18.2. The number of amides is 2. The molecular weight excluding hydrogens is 352 g/mol. The van der Waals surface area contributed by atoms with Gasteiger partial charge >= 0.3 is 0 Å². The number of fused-ring (bicyclic) bond motifs is 1. The molecule has 0 radical (unpaired) electrons. The Hall–Kier alpha value is -2.61. The van der Waals surface area contributed by atoms with Gasteiger partial charge in [0, 0.05) is 18.2 Å². The van der Waals surface area contributed by atoms with Gasteiger partial charge in [0.25, 0.3) is 11.5 Å². The Morgan fingerprint density at radius 1 is 1.38 bits per heavy atom. The third-order valence-electron chi connectivity index (χ3n) is 4.19. The molecule has 1 unspecified atom stereocenters. The molecule has 0 bridgehead atoms. The molecule has 7 nitrogen and oxygen atoms in total. The van der Waals surface area contributed by atoms with E-state index in [2.05, 4.69) is 10.3 Å². The largest absolute Gasteiger partial charge is 0.366 e. The minimum absolute atomic E-state index is 0.121. The average molecular weight is 372 g/mol. The van der Waals surface area contributed by atoms with Gasteiger partial charge in [-0.25, -0.2) is 4.98 Å². The highest BCUT2D eigenvalue weighted by Crippen LogP contribution is 2.33. The Morgan fingerprint density at radius 2 is 2.12 bits per heavy atom. The molecule has 2 aromatic rings. The number of hydrogen-bond donors (Lipinski definition) is 2. The summed E-state index contributed by atoms with van der Waals surface area (Å²) in [6.45, 7) is 3.97. The van der Waals surface area contributed by atoms with Crippen molar-refractivity contribution in [2.24, 2.45) is 5.73 Å². The van der Waals surface area contributed by atoms with Crippen molar-refractivity contribution in [3.8, 4) is 0 Å². The lowest BCUT2D eigenvalue weighted by atomic mass is 10.1. The highest BCUT2D eigenvalue weighted by atomic mass is 32.2. The zero-order valence-electron chi connectivity index (χ0n) is 14.6. The van der Waals surface area contributed by atoms with E-state index in [-0.39, 0.29) is 35.4 Å². The van der Waals surface area contributed by atoms with Crippen LogP contribution >= 0.6 is 11.8 Å². The Kier molecular flexibility index (Phi) is 5.13. The molecular formula is C18H20N4O3S. The van der Waals surface area contributed by atoms with Crippen molar-refractivity contribution >= 4 is 29.3 Å². The number of primary amides is 1. The lowest BCUT2D eigenvalue weighted by Crippen LogP contribution is -2.28. The molecule has 2 amide bonds. The van der Waals surface area contributed by atoms with Gasteiger partial charge in [0.2, 0.25) is 5.91 Å². The number of thioether (sulfide) groups is 1. The van der Waals surface area contributed by atoms with Crippen molar-refractivity contribution < 1.29 is 9.59 Å². The number of hydrogen-bond acceptors (Lipinski definition) is 5. The van der Waals surface area contributed by atoms with Crippen LogP contribution in [0.1, 0.15) is 48.3 Å². The second-order valence-electron chi connectivity index (χ2n) is 6.45. The summed E-state index contributed by atoms with van der Waals surface area (Å²) < 4.78 is 1.58. The fourth-order valence-corrected chi connectivity index (χ4v) is 3.99. The molecule has 26 heavy (non-hydrogen) atoms. The number of nitrogens with one attached hydrogen (secondary N) is 1. The van der Waals surface area contributed by atoms with Crippen molar-refractivity contribution in [3.63, 3.8) is 0 Å². The molecule has 3 N–H and O–H groups in total. The van der Waals surface area contributed by atoms with Gasteiger partial charge in [-0.05, 0) is 18.1 Å². The maximum absolute atomic E-state index is 12.4. The molecule has 1 atom stereocenters. The van der Waals surface area contributed by atoms with Crippen LogP contribution in [0, 0.1) is 0 Å². The third-order valence-corrected chi connectivity index (χ3v) is 5.29. The zero-order chi connectivity index (χ0) is 18.8. The molecule has 1 aromatic carbocycles. The minimum Gasteiger partial charge on any atom is -0.366 e. The first-order valence-electron chi connectivity index (χ1n) is 8.31. The van der Waals surface area contributed by atoms with Crippen LogP contribution in [0.4, 0.5) is 5.69 Å². The van der Waals surface area contributed by atoms with Crippen molar-refractivity contribution in [2.75, 3.05) is 11.1 Å². The topological polar surface area (TPSA) is 107 Å². The van der Waals surface area contributed by atoms with E-state index in [1.165, 1.54) is 17.8 Å². The van der Waals surface area contributed by atoms with E-state index in [1.54, 1.807) is 28.8 Å². The molecule has 0 saturated heterocycles. The summed E-state index contributed by atoms with van der Waals surface area (Å²) >= 11 is 1.48. The highest BCUT2D eigenvalue weighted by Gasteiger charge is 2.28. The number of carbonyl (C=O) groups excluding carboxylic acids is 2. The van der Waals surface area contributed by atoms with Gasteiger partial charge in [-0.3, -0.25) is 19.0 Å². The third kappa shape index (κ3) is 3.65. The number of anilines is 1. The quantitative estimate of drug-likeness (QED) is 0.782. The SMILES string of the molecule is CC(C)c1cc(=O)n2c(n1)SCC2CC(=O)Nc1ccccc1C(N)=O. The van der Waals surface area contributed by atoms with Crippen LogP contribution in [0.15, 0.2) is 40.3 Å². The summed E-state index contributed by atoms with van der Waals surface area (Å²) in [5, 5.41) is 3.36. The Morgan fingerprint density at radius 3 is 2.81 bits per heavy atom. The maximum Gasteiger partial charge on any atom is 0.254 e. The van der Waals surface area contributed by atoms with E-state index in [1.807, 2.05) is 13.8 Å². The van der Waals surface area contributed by atoms with Crippen molar-refractivity contribution in [2.45, 2.75) is 37.4 Å². The molecule has 1 aromatic heterocycles. The van der Waals surface area contributed by atoms with Gasteiger partial charge in [0.05, 0.1) is 23.0 Å². The summed E-state index contributed by atoms with van der Waals surface area (Å²) in [4.78, 5) is 40.9. The van der Waals surface area contributed by atoms with E-state index >= 15 is 0 Å². The fraction of sp³-hybridized carbons (Fsp3) is 0.333. The summed E-state index contributed by atoms with van der Waals surface area (Å²) in [6.07, 6.45) is 0.121. The predicted molar refractivity (Wildman–Crippen MR) is 101 cm³/mol. The van der Waals surface area contributed by atoms with Crippen molar-refractivity contribution in [1.29, 1.82) is 0 Å². The second-order valence-corrected chi connectivity index (χ2v) is 7.44. The molecule has 136 valence electrons. The fourth-order valence-electron chi connectivity index (χ4n) is 2.84. The van der Waals surface area contributed by atoms with E-state index in [4.69, 9.17) is 5.73 Å². The molecule has 8 heteroatoms. The first-order valence-corrected chi connectivity index (χ1v) is 9.30. The Bertz CT molecular complexity index is 923. The van der Waals surface area contributed by atoms with Gasteiger partial charge in [0.15, 0.2) is 5.16 Å². The second kappa shape index (κ2) is 7.33. The van der Waals surface area contributed by atoms with Crippen LogP contribution in [-0.2, 0) is 4.79 Å². The van der Waals surface area contributed by atoms with Crippen molar-refractivity contribution in [1.82, 2.24) is 9.55 Å². The zero-order valence-corrected chi connectivity index (χ0v) is 15.4. The number of nitrogens with zero attached hydrogens (tertiary/aromatic N) is 2. The summed E-state index contributed by atoms with van der Waals surface area (Å²) in [5.74, 6) is -0.113. The number of rotatable bonds is 5. The minimum atomic E-state index is -0.607. The monoisotopic (exact) mass is 372 g/mol. The maximum atomic E-state index is 12.4. The van der Waals surface area contributed by atoms with Crippen molar-refractivity contribution in [3.05, 3.63) is 51.9 Å². The molecule has 3 rings (SSSR count).